The van der Waals surface area contributed by atoms with Crippen LogP contribution in [-0.4, -0.2) is 21.0 Å². The van der Waals surface area contributed by atoms with Gasteiger partial charge in [0, 0.05) is 11.6 Å². The summed E-state index contributed by atoms with van der Waals surface area (Å²) in [5, 5.41) is 8.56. The van der Waals surface area contributed by atoms with Crippen LogP contribution in [-0.2, 0) is 4.79 Å². The van der Waals surface area contributed by atoms with Crippen LogP contribution in [0.5, 0.6) is 0 Å². The largest absolute Gasteiger partial charge is 0.478 e. The molecule has 0 aliphatic carbocycles. The number of carboxylic acid groups (broad SMARTS) is 1. The minimum absolute atomic E-state index is 0.500. The summed E-state index contributed by atoms with van der Waals surface area (Å²) in [6, 6.07) is 8.18. The van der Waals surface area contributed by atoms with Crippen molar-refractivity contribution in [3.8, 4) is 11.4 Å². The molecule has 2 aromatic rings. The predicted molar refractivity (Wildman–Crippen MR) is 74.8 cm³/mol. The Labute approximate surface area is 111 Å². The Morgan fingerprint density at radius 3 is 2.58 bits per heavy atom. The van der Waals surface area contributed by atoms with Gasteiger partial charge < -0.3 is 10.1 Å². The zero-order chi connectivity index (χ0) is 13.8. The Morgan fingerprint density at radius 2 is 2.00 bits per heavy atom. The number of aromatic amines is 1. The molecule has 0 bridgehead atoms. The van der Waals surface area contributed by atoms with Gasteiger partial charge in [-0.1, -0.05) is 38.1 Å². The number of aliphatic carboxylic acids is 1. The highest BCUT2D eigenvalue weighted by Gasteiger charge is 2.04. The van der Waals surface area contributed by atoms with Gasteiger partial charge in [0.15, 0.2) is 0 Å². The third-order valence-corrected chi connectivity index (χ3v) is 2.85. The van der Waals surface area contributed by atoms with Crippen LogP contribution in [0, 0.1) is 0 Å². The lowest BCUT2D eigenvalue weighted by Crippen LogP contribution is -1.88. The van der Waals surface area contributed by atoms with Gasteiger partial charge in [-0.2, -0.15) is 0 Å². The molecular formula is C15H16N2O2. The summed E-state index contributed by atoms with van der Waals surface area (Å²) in [5.74, 6) is 0.262. The highest BCUT2D eigenvalue weighted by molar-refractivity contribution is 5.84. The van der Waals surface area contributed by atoms with Crippen LogP contribution in [0.3, 0.4) is 0 Å². The number of carboxylic acids is 1. The van der Waals surface area contributed by atoms with Crippen molar-refractivity contribution in [1.29, 1.82) is 0 Å². The fraction of sp³-hybridized carbons (Fsp3) is 0.200. The molecule has 0 aliphatic rings. The van der Waals surface area contributed by atoms with E-state index in [4.69, 9.17) is 5.11 Å². The molecule has 2 N–H and O–H groups in total. The van der Waals surface area contributed by atoms with Crippen molar-refractivity contribution in [2.45, 2.75) is 19.8 Å². The SMILES string of the molecule is CC(C)c1ccc(-c2ncc(/C=C/C(=O)O)[nH]2)cc1. The molecule has 4 heteroatoms. The summed E-state index contributed by atoms with van der Waals surface area (Å²) in [4.78, 5) is 17.7. The van der Waals surface area contributed by atoms with E-state index >= 15 is 0 Å². The second kappa shape index (κ2) is 5.52. The van der Waals surface area contributed by atoms with Crippen LogP contribution in [0.15, 0.2) is 36.5 Å². The highest BCUT2D eigenvalue weighted by atomic mass is 16.4. The lowest BCUT2D eigenvalue weighted by atomic mass is 10.0. The average Bonchev–Trinajstić information content (AvgIpc) is 2.85. The number of hydrogen-bond donors (Lipinski definition) is 2. The van der Waals surface area contributed by atoms with Crippen LogP contribution in [0.4, 0.5) is 0 Å². The molecule has 4 nitrogen and oxygen atoms in total. The number of carbonyl (C=O) groups is 1. The van der Waals surface area contributed by atoms with Gasteiger partial charge in [-0.15, -0.1) is 0 Å². The molecule has 0 saturated heterocycles. The van der Waals surface area contributed by atoms with Crippen molar-refractivity contribution in [2.24, 2.45) is 0 Å². The number of benzene rings is 1. The Kier molecular flexibility index (Phi) is 3.80. The quantitative estimate of drug-likeness (QED) is 0.825. The molecule has 0 amide bonds. The van der Waals surface area contributed by atoms with Crippen LogP contribution in [0.25, 0.3) is 17.5 Å². The Balaban J connectivity index is 2.20. The molecule has 1 heterocycles. The average molecular weight is 256 g/mol. The van der Waals surface area contributed by atoms with E-state index in [9.17, 15) is 4.79 Å². The van der Waals surface area contributed by atoms with Crippen molar-refractivity contribution in [2.75, 3.05) is 0 Å². The van der Waals surface area contributed by atoms with Gasteiger partial charge in [0.05, 0.1) is 11.9 Å². The molecule has 0 saturated carbocycles. The van der Waals surface area contributed by atoms with Crippen molar-refractivity contribution < 1.29 is 9.90 Å². The van der Waals surface area contributed by atoms with Gasteiger partial charge in [0.25, 0.3) is 0 Å². The molecule has 98 valence electrons. The fourth-order valence-electron chi connectivity index (χ4n) is 1.75. The number of nitrogens with zero attached hydrogens (tertiary/aromatic N) is 1. The normalized spacial score (nSPS) is 11.3. The van der Waals surface area contributed by atoms with Gasteiger partial charge in [0.1, 0.15) is 5.82 Å². The van der Waals surface area contributed by atoms with Crippen molar-refractivity contribution in [3.63, 3.8) is 0 Å². The van der Waals surface area contributed by atoms with Gasteiger partial charge in [-0.25, -0.2) is 9.78 Å². The number of hydrogen-bond acceptors (Lipinski definition) is 2. The third-order valence-electron chi connectivity index (χ3n) is 2.85. The monoisotopic (exact) mass is 256 g/mol. The zero-order valence-corrected chi connectivity index (χ0v) is 10.9. The summed E-state index contributed by atoms with van der Waals surface area (Å²) in [7, 11) is 0. The van der Waals surface area contributed by atoms with Crippen LogP contribution >= 0.6 is 0 Å². The van der Waals surface area contributed by atoms with Crippen LogP contribution < -0.4 is 0 Å². The summed E-state index contributed by atoms with van der Waals surface area (Å²) >= 11 is 0. The topological polar surface area (TPSA) is 66.0 Å². The summed E-state index contributed by atoms with van der Waals surface area (Å²) in [5.41, 5.74) is 2.94. The maximum absolute atomic E-state index is 10.4. The van der Waals surface area contributed by atoms with Gasteiger partial charge >= 0.3 is 5.97 Å². The first kappa shape index (κ1) is 13.1. The minimum Gasteiger partial charge on any atom is -0.478 e. The van der Waals surface area contributed by atoms with Crippen LogP contribution in [0.1, 0.15) is 31.0 Å². The third kappa shape index (κ3) is 3.31. The van der Waals surface area contributed by atoms with E-state index in [1.807, 2.05) is 12.1 Å². The van der Waals surface area contributed by atoms with E-state index in [-0.39, 0.29) is 0 Å². The highest BCUT2D eigenvalue weighted by Crippen LogP contribution is 2.20. The second-order valence-corrected chi connectivity index (χ2v) is 4.64. The van der Waals surface area contributed by atoms with E-state index in [2.05, 4.69) is 35.9 Å². The molecule has 0 unspecified atom stereocenters. The fourth-order valence-corrected chi connectivity index (χ4v) is 1.75. The number of aromatic nitrogens is 2. The number of H-pyrrole nitrogens is 1. The standard InChI is InChI=1S/C15H16N2O2/c1-10(2)11-3-5-12(6-4-11)15-16-9-13(17-15)7-8-14(18)19/h3-10H,1-2H3,(H,16,17)(H,18,19)/b8-7+. The lowest BCUT2D eigenvalue weighted by molar-refractivity contribution is -0.131. The first-order valence-electron chi connectivity index (χ1n) is 6.12. The van der Waals surface area contributed by atoms with Crippen molar-refractivity contribution >= 4 is 12.0 Å². The maximum atomic E-state index is 10.4. The molecule has 0 radical (unpaired) electrons. The smallest absolute Gasteiger partial charge is 0.328 e. The van der Waals surface area contributed by atoms with E-state index in [1.54, 1.807) is 6.20 Å². The molecule has 0 aliphatic heterocycles. The van der Waals surface area contributed by atoms with Crippen molar-refractivity contribution in [1.82, 2.24) is 9.97 Å². The molecule has 0 atom stereocenters. The second-order valence-electron chi connectivity index (χ2n) is 4.64. The van der Waals surface area contributed by atoms with E-state index in [0.717, 1.165) is 17.5 Å². The number of rotatable bonds is 4. The van der Waals surface area contributed by atoms with Crippen LogP contribution in [0.2, 0.25) is 0 Å². The van der Waals surface area contributed by atoms with E-state index < -0.39 is 5.97 Å². The Bertz CT molecular complexity index is 595. The Morgan fingerprint density at radius 1 is 1.32 bits per heavy atom. The van der Waals surface area contributed by atoms with Gasteiger partial charge in [-0.3, -0.25) is 0 Å². The molecule has 1 aromatic carbocycles. The predicted octanol–water partition coefficient (Wildman–Crippen LogP) is 3.30. The zero-order valence-electron chi connectivity index (χ0n) is 10.9. The molecular weight excluding hydrogens is 240 g/mol. The molecule has 0 fully saturated rings. The number of nitrogens with one attached hydrogen (secondary N) is 1. The van der Waals surface area contributed by atoms with E-state index in [0.29, 0.717) is 11.6 Å². The Hall–Kier alpha value is -2.36. The summed E-state index contributed by atoms with van der Waals surface area (Å²) in [6.45, 7) is 4.30. The molecule has 19 heavy (non-hydrogen) atoms. The van der Waals surface area contributed by atoms with Gasteiger partial charge in [-0.05, 0) is 17.6 Å². The molecule has 0 spiro atoms. The maximum Gasteiger partial charge on any atom is 0.328 e. The first-order valence-corrected chi connectivity index (χ1v) is 6.12. The summed E-state index contributed by atoms with van der Waals surface area (Å²) in [6.07, 6.45) is 4.19. The minimum atomic E-state index is -0.975. The lowest BCUT2D eigenvalue weighted by Gasteiger charge is -2.05. The van der Waals surface area contributed by atoms with Gasteiger partial charge in [0.2, 0.25) is 0 Å². The first-order chi connectivity index (χ1) is 9.06. The van der Waals surface area contributed by atoms with Crippen molar-refractivity contribution in [3.05, 3.63) is 47.8 Å². The molecule has 2 rings (SSSR count). The number of imidazole rings is 1. The summed E-state index contributed by atoms with van der Waals surface area (Å²) < 4.78 is 0. The van der Waals surface area contributed by atoms with E-state index in [1.165, 1.54) is 11.6 Å². The molecule has 1 aromatic heterocycles.